The normalized spacial score (nSPS) is 42.6. The maximum atomic E-state index is 10.3. The molecule has 72 heavy (non-hydrogen) atoms. The third kappa shape index (κ3) is 8.92. The molecule has 0 amide bonds. The van der Waals surface area contributed by atoms with Crippen LogP contribution < -0.4 is 0 Å². The van der Waals surface area contributed by atoms with Crippen molar-refractivity contribution in [1.29, 1.82) is 0 Å². The molecule has 10 rings (SSSR count). The Labute approximate surface area is 452 Å². The number of hydrogen-bond donors (Lipinski definition) is 0. The van der Waals surface area contributed by atoms with E-state index in [0.717, 1.165) is 35.5 Å². The van der Waals surface area contributed by atoms with Gasteiger partial charge in [0.2, 0.25) is 0 Å². The predicted octanol–water partition coefficient (Wildman–Crippen LogP) is 21.8. The molecule has 4 heteroatoms. The Balaban J connectivity index is 1.36. The Bertz CT molecular complexity index is 2240. The minimum absolute atomic E-state index is 0.0633. The van der Waals surface area contributed by atoms with Gasteiger partial charge in [0.05, 0.1) is 0 Å². The van der Waals surface area contributed by atoms with Gasteiger partial charge in [0, 0.05) is 0 Å². The Morgan fingerprint density at radius 2 is 0.611 bits per heavy atom. The third-order valence-electron chi connectivity index (χ3n) is 24.7. The molecule has 0 bridgehead atoms. The van der Waals surface area contributed by atoms with Gasteiger partial charge in [-0.05, 0) is 0 Å². The van der Waals surface area contributed by atoms with Gasteiger partial charge in [0.25, 0.3) is 0 Å². The van der Waals surface area contributed by atoms with Gasteiger partial charge in [-0.1, -0.05) is 0 Å². The van der Waals surface area contributed by atoms with E-state index in [1.54, 1.807) is 44.5 Å². The van der Waals surface area contributed by atoms with Crippen molar-refractivity contribution in [3.05, 3.63) is 80.9 Å². The molecule has 6 fully saturated rings. The van der Waals surface area contributed by atoms with E-state index in [4.69, 9.17) is 0 Å². The summed E-state index contributed by atoms with van der Waals surface area (Å²) < 4.78 is 0.274. The van der Waals surface area contributed by atoms with Crippen LogP contribution in [0.1, 0.15) is 278 Å². The molecule has 0 N–H and O–H groups in total. The van der Waals surface area contributed by atoms with Crippen molar-refractivity contribution in [1.82, 2.24) is 0 Å². The summed E-state index contributed by atoms with van der Waals surface area (Å²) in [5, 5.41) is 0. The number of halogens is 2. The SMILES string of the molecule is CC1CCC(C)(C2=C(C3(C)CCC(C)CC3)[CH]([Zr]([Cl])([Cl])([CH]3C(C4(C)CCC(C)CC4)=C(C4(C)CCC(C)CC4)c4cccc(C5(C)CCC(C)CC5)c43)[SiH](C)C)c3c2cccc3C2(C)CCC(C)CC2)CC1. The first-order chi connectivity index (χ1) is 33.8. The molecule has 6 saturated carbocycles. The quantitative estimate of drug-likeness (QED) is 0.220. The number of rotatable bonds is 9. The predicted molar refractivity (Wildman–Crippen MR) is 316 cm³/mol. The van der Waals surface area contributed by atoms with Crippen LogP contribution in [0.4, 0.5) is 0 Å². The molecule has 0 aliphatic heterocycles. The van der Waals surface area contributed by atoms with Crippen molar-refractivity contribution in [2.75, 3.05) is 0 Å². The molecule has 0 heterocycles. The average molecular weight is 1110 g/mol. The van der Waals surface area contributed by atoms with Crippen LogP contribution >= 0.6 is 17.0 Å². The van der Waals surface area contributed by atoms with Crippen molar-refractivity contribution < 1.29 is 15.6 Å². The van der Waals surface area contributed by atoms with Gasteiger partial charge in [0.1, 0.15) is 0 Å². The number of allylic oxidation sites excluding steroid dienone is 4. The summed E-state index contributed by atoms with van der Waals surface area (Å²) in [4.78, 5) is 0. The molecule has 0 aromatic heterocycles. The first-order valence-electron chi connectivity index (χ1n) is 31.1. The second kappa shape index (κ2) is 19.5. The van der Waals surface area contributed by atoms with Crippen LogP contribution in [0.3, 0.4) is 0 Å². The van der Waals surface area contributed by atoms with Crippen molar-refractivity contribution in [2.24, 2.45) is 57.2 Å². The van der Waals surface area contributed by atoms with Crippen molar-refractivity contribution in [2.45, 2.75) is 268 Å². The second-order valence-electron chi connectivity index (χ2n) is 30.8. The molecule has 0 spiro atoms. The number of fused-ring (bicyclic) bond motifs is 2. The van der Waals surface area contributed by atoms with E-state index in [2.05, 4.69) is 133 Å². The van der Waals surface area contributed by atoms with Crippen LogP contribution in [0.15, 0.2) is 47.5 Å². The van der Waals surface area contributed by atoms with Crippen LogP contribution in [-0.4, -0.2) is 5.92 Å². The average Bonchev–Trinajstić information content (AvgIpc) is 3.93. The second-order valence-corrected chi connectivity index (χ2v) is 73.3. The summed E-state index contributed by atoms with van der Waals surface area (Å²) in [6, 6.07) is 15.8. The van der Waals surface area contributed by atoms with Crippen LogP contribution in [-0.2, 0) is 26.4 Å². The summed E-state index contributed by atoms with van der Waals surface area (Å²) in [7, 11) is 20.6. The third-order valence-corrected chi connectivity index (χ3v) is 76.1. The summed E-state index contributed by atoms with van der Waals surface area (Å²) >= 11 is -5.60. The molecule has 2 aromatic rings. The van der Waals surface area contributed by atoms with E-state index in [1.165, 1.54) is 154 Å². The van der Waals surface area contributed by atoms with Crippen molar-refractivity contribution >= 4 is 34.1 Å². The standard InChI is InChI=1S/2C33H49.C2H7Si.2ClH.Zr/c2*1-23-10-16-31(4,17-11-23)28-9-7-8-26-27(28)22-29(32(5)18-12-24(2)13-19-32)30(26)33(6)20-14-25(3)15-21-33;1-3-2;;;/h2*7-9,22-25H,10-21H2,1-6H3;3H,1-2H3;2*1H;/q;;;;;+2/p-2. The molecule has 0 saturated heterocycles. The summed E-state index contributed by atoms with van der Waals surface area (Å²) in [6.07, 6.45) is 31.2. The molecule has 2 aromatic carbocycles. The van der Waals surface area contributed by atoms with Gasteiger partial charge in [-0.3, -0.25) is 0 Å². The van der Waals surface area contributed by atoms with Crippen LogP contribution in [0.25, 0.3) is 11.1 Å². The van der Waals surface area contributed by atoms with E-state index in [0.29, 0.717) is 0 Å². The fraction of sp³-hybridized carbons (Fsp3) is 0.765. The molecule has 0 nitrogen and oxygen atoms in total. The zero-order chi connectivity index (χ0) is 51.6. The topological polar surface area (TPSA) is 0 Å². The Morgan fingerprint density at radius 3 is 0.861 bits per heavy atom. The summed E-state index contributed by atoms with van der Waals surface area (Å²) in [5.41, 5.74) is 17.9. The number of hydrogen-bond acceptors (Lipinski definition) is 0. The van der Waals surface area contributed by atoms with Crippen LogP contribution in [0.5, 0.6) is 0 Å². The molecule has 2 unspecified atom stereocenters. The van der Waals surface area contributed by atoms with Crippen molar-refractivity contribution in [3.8, 4) is 0 Å². The Hall–Kier alpha value is -0.400. The van der Waals surface area contributed by atoms with Crippen molar-refractivity contribution in [3.63, 3.8) is 0 Å². The zero-order valence-corrected chi connectivity index (χ0v) is 54.0. The minimum atomic E-state index is -5.60. The van der Waals surface area contributed by atoms with Gasteiger partial charge in [-0.15, -0.1) is 0 Å². The van der Waals surface area contributed by atoms with E-state index < -0.39 is 21.5 Å². The first-order valence-corrected chi connectivity index (χ1v) is 47.5. The fourth-order valence-corrected chi connectivity index (χ4v) is 49.1. The fourth-order valence-electron chi connectivity index (χ4n) is 18.6. The zero-order valence-electron chi connectivity index (χ0n) is 48.9. The Morgan fingerprint density at radius 1 is 0.375 bits per heavy atom. The van der Waals surface area contributed by atoms with Gasteiger partial charge in [-0.25, -0.2) is 0 Å². The van der Waals surface area contributed by atoms with Gasteiger partial charge in [-0.2, -0.15) is 0 Å². The van der Waals surface area contributed by atoms with Gasteiger partial charge < -0.3 is 0 Å². The molecule has 2 atom stereocenters. The molecule has 0 radical (unpaired) electrons. The molecular weight excluding hydrogens is 1010 g/mol. The molecular formula is C68H105Cl2SiZr. The monoisotopic (exact) mass is 1110 g/mol. The van der Waals surface area contributed by atoms with Crippen LogP contribution in [0, 0.1) is 57.2 Å². The molecule has 8 aliphatic carbocycles. The van der Waals surface area contributed by atoms with Gasteiger partial charge >= 0.3 is 456 Å². The van der Waals surface area contributed by atoms with E-state index in [9.17, 15) is 17.0 Å². The number of benzene rings is 2. The Kier molecular flexibility index (Phi) is 14.8. The van der Waals surface area contributed by atoms with E-state index >= 15 is 0 Å². The summed E-state index contributed by atoms with van der Waals surface area (Å²) in [5.74, 6) is 2.78. The molecule has 399 valence electrons. The van der Waals surface area contributed by atoms with E-state index in [1.807, 2.05) is 11.1 Å². The maximum absolute atomic E-state index is 10.3. The summed E-state index contributed by atoms with van der Waals surface area (Å²) in [6.45, 7) is 37.3. The van der Waals surface area contributed by atoms with Gasteiger partial charge in [0.15, 0.2) is 0 Å². The van der Waals surface area contributed by atoms with E-state index in [-0.39, 0.29) is 39.7 Å². The molecule has 8 aliphatic rings. The first kappa shape index (κ1) is 54.9. The van der Waals surface area contributed by atoms with Crippen LogP contribution in [0.2, 0.25) is 13.1 Å².